The highest BCUT2D eigenvalue weighted by atomic mass is 35.5. The molecular formula is C14H19Cl2N3OS. The summed E-state index contributed by atoms with van der Waals surface area (Å²) in [5.41, 5.74) is 7.61. The molecule has 0 saturated carbocycles. The van der Waals surface area contributed by atoms with E-state index in [2.05, 4.69) is 10.3 Å². The number of halogens is 2. The minimum absolute atomic E-state index is 0. The number of benzene rings is 1. The molecule has 7 heteroatoms. The van der Waals surface area contributed by atoms with Gasteiger partial charge in [-0.15, -0.1) is 36.2 Å². The summed E-state index contributed by atoms with van der Waals surface area (Å²) in [7, 11) is 0. The molecule has 0 atom stereocenters. The third-order valence-corrected chi connectivity index (χ3v) is 3.66. The number of nitrogens with one attached hydrogen (secondary N) is 1. The Balaban J connectivity index is 0.00000200. The molecule has 1 aromatic heterocycles. The molecule has 2 aromatic rings. The van der Waals surface area contributed by atoms with Crippen LogP contribution in [-0.4, -0.2) is 17.4 Å². The van der Waals surface area contributed by atoms with Crippen LogP contribution in [0.5, 0.6) is 0 Å². The van der Waals surface area contributed by atoms with E-state index >= 15 is 0 Å². The molecule has 21 heavy (non-hydrogen) atoms. The summed E-state index contributed by atoms with van der Waals surface area (Å²) < 4.78 is 0. The second-order valence-corrected chi connectivity index (χ2v) is 5.20. The topological polar surface area (TPSA) is 68.0 Å². The normalized spacial score (nSPS) is 9.33. The first-order chi connectivity index (χ1) is 9.25. The Bertz CT molecular complexity index is 535. The highest BCUT2D eigenvalue weighted by molar-refractivity contribution is 7.09. The van der Waals surface area contributed by atoms with Crippen LogP contribution in [0.2, 0.25) is 0 Å². The summed E-state index contributed by atoms with van der Waals surface area (Å²) in [4.78, 5) is 15.9. The average Bonchev–Trinajstić information content (AvgIpc) is 2.91. The van der Waals surface area contributed by atoms with Crippen molar-refractivity contribution in [2.45, 2.75) is 19.3 Å². The molecule has 1 amide bonds. The number of aromatic nitrogens is 1. The smallest absolute Gasteiger partial charge is 0.220 e. The second kappa shape index (κ2) is 10.4. The van der Waals surface area contributed by atoms with Gasteiger partial charge >= 0.3 is 0 Å². The average molecular weight is 348 g/mol. The summed E-state index contributed by atoms with van der Waals surface area (Å²) in [6.07, 6.45) is 3.71. The van der Waals surface area contributed by atoms with Gasteiger partial charge in [-0.1, -0.05) is 18.2 Å². The quantitative estimate of drug-likeness (QED) is 0.789. The van der Waals surface area contributed by atoms with Crippen molar-refractivity contribution < 1.29 is 4.79 Å². The van der Waals surface area contributed by atoms with Crippen LogP contribution >= 0.6 is 36.2 Å². The van der Waals surface area contributed by atoms with Crippen LogP contribution in [-0.2, 0) is 17.6 Å². The van der Waals surface area contributed by atoms with Gasteiger partial charge in [-0.05, 0) is 18.1 Å². The van der Waals surface area contributed by atoms with E-state index in [1.54, 1.807) is 17.5 Å². The van der Waals surface area contributed by atoms with Crippen LogP contribution in [0.1, 0.15) is 17.0 Å². The summed E-state index contributed by atoms with van der Waals surface area (Å²) in [5, 5.41) is 5.89. The monoisotopic (exact) mass is 347 g/mol. The Morgan fingerprint density at radius 3 is 2.67 bits per heavy atom. The van der Waals surface area contributed by atoms with Gasteiger partial charge in [-0.2, -0.15) is 0 Å². The fourth-order valence-electron chi connectivity index (χ4n) is 1.78. The Hall–Kier alpha value is -1.30. The first-order valence-corrected chi connectivity index (χ1v) is 7.12. The van der Waals surface area contributed by atoms with Gasteiger partial charge in [0.15, 0.2) is 0 Å². The number of hydrogen-bond donors (Lipinski definition) is 2. The standard InChI is InChI=1S/C14H17N3OS.2ClH/c15-12-4-2-1-3-11(12)5-6-13(18)16-8-7-14-17-9-10-19-14;;/h1-4,9-10H,5-8,15H2,(H,16,18);2*1H. The van der Waals surface area contributed by atoms with Gasteiger partial charge in [-0.25, -0.2) is 4.98 Å². The maximum atomic E-state index is 11.7. The number of aryl methyl sites for hydroxylation is 1. The van der Waals surface area contributed by atoms with E-state index in [1.807, 2.05) is 29.6 Å². The van der Waals surface area contributed by atoms with Crippen molar-refractivity contribution in [1.29, 1.82) is 0 Å². The summed E-state index contributed by atoms with van der Waals surface area (Å²) in [6, 6.07) is 7.65. The Labute approximate surface area is 141 Å². The number of amides is 1. The van der Waals surface area contributed by atoms with Crippen molar-refractivity contribution >= 4 is 47.7 Å². The maximum absolute atomic E-state index is 11.7. The van der Waals surface area contributed by atoms with Crippen molar-refractivity contribution in [1.82, 2.24) is 10.3 Å². The minimum atomic E-state index is 0. The number of carbonyl (C=O) groups is 1. The zero-order valence-corrected chi connectivity index (χ0v) is 13.9. The SMILES string of the molecule is Cl.Cl.Nc1ccccc1CCC(=O)NCCc1nccs1. The fraction of sp³-hybridized carbons (Fsp3) is 0.286. The Kier molecular flexibility index (Phi) is 9.78. The minimum Gasteiger partial charge on any atom is -0.399 e. The molecule has 0 radical (unpaired) electrons. The number of nitrogens with zero attached hydrogens (tertiary/aromatic N) is 1. The number of nitrogens with two attached hydrogens (primary N) is 1. The van der Waals surface area contributed by atoms with E-state index in [9.17, 15) is 4.79 Å². The number of thiazole rings is 1. The summed E-state index contributed by atoms with van der Waals surface area (Å²) in [5.74, 6) is 0.0554. The van der Waals surface area contributed by atoms with E-state index in [0.717, 1.165) is 22.7 Å². The molecule has 1 heterocycles. The zero-order chi connectivity index (χ0) is 13.5. The molecular weight excluding hydrogens is 329 g/mol. The Morgan fingerprint density at radius 1 is 1.24 bits per heavy atom. The van der Waals surface area contributed by atoms with Crippen LogP contribution < -0.4 is 11.1 Å². The number of carbonyl (C=O) groups excluding carboxylic acids is 1. The maximum Gasteiger partial charge on any atom is 0.220 e. The van der Waals surface area contributed by atoms with Gasteiger partial charge < -0.3 is 11.1 Å². The van der Waals surface area contributed by atoms with Crippen LogP contribution in [0.15, 0.2) is 35.8 Å². The number of hydrogen-bond acceptors (Lipinski definition) is 4. The third kappa shape index (κ3) is 6.80. The van der Waals surface area contributed by atoms with E-state index in [0.29, 0.717) is 19.4 Å². The highest BCUT2D eigenvalue weighted by Crippen LogP contribution is 2.12. The van der Waals surface area contributed by atoms with Gasteiger partial charge in [-0.3, -0.25) is 4.79 Å². The molecule has 0 spiro atoms. The van der Waals surface area contributed by atoms with E-state index < -0.39 is 0 Å². The molecule has 3 N–H and O–H groups in total. The molecule has 1 aromatic carbocycles. The lowest BCUT2D eigenvalue weighted by molar-refractivity contribution is -0.121. The zero-order valence-electron chi connectivity index (χ0n) is 11.5. The molecule has 2 rings (SSSR count). The lowest BCUT2D eigenvalue weighted by atomic mass is 10.1. The molecule has 0 fully saturated rings. The van der Waals surface area contributed by atoms with Gasteiger partial charge in [0, 0.05) is 36.7 Å². The lowest BCUT2D eigenvalue weighted by Gasteiger charge is -2.06. The number of nitrogen functional groups attached to an aromatic ring is 1. The predicted octanol–water partition coefficient (Wildman–Crippen LogP) is 2.86. The third-order valence-electron chi connectivity index (χ3n) is 2.82. The van der Waals surface area contributed by atoms with E-state index in [-0.39, 0.29) is 30.7 Å². The molecule has 0 saturated heterocycles. The van der Waals surface area contributed by atoms with Crippen LogP contribution in [0.3, 0.4) is 0 Å². The number of anilines is 1. The van der Waals surface area contributed by atoms with Gasteiger partial charge in [0.25, 0.3) is 0 Å². The van der Waals surface area contributed by atoms with Crippen molar-refractivity contribution in [3.05, 3.63) is 46.4 Å². The molecule has 0 bridgehead atoms. The van der Waals surface area contributed by atoms with E-state index in [4.69, 9.17) is 5.73 Å². The van der Waals surface area contributed by atoms with E-state index in [1.165, 1.54) is 0 Å². The molecule has 0 aliphatic carbocycles. The summed E-state index contributed by atoms with van der Waals surface area (Å²) >= 11 is 1.61. The highest BCUT2D eigenvalue weighted by Gasteiger charge is 2.04. The van der Waals surface area contributed by atoms with Crippen LogP contribution in [0.4, 0.5) is 5.69 Å². The molecule has 0 aliphatic heterocycles. The Morgan fingerprint density at radius 2 is 2.00 bits per heavy atom. The predicted molar refractivity (Wildman–Crippen MR) is 92.5 cm³/mol. The molecule has 116 valence electrons. The summed E-state index contributed by atoms with van der Waals surface area (Å²) in [6.45, 7) is 0.636. The number of rotatable bonds is 6. The van der Waals surface area contributed by atoms with Crippen molar-refractivity contribution in [2.24, 2.45) is 0 Å². The first kappa shape index (κ1) is 19.7. The first-order valence-electron chi connectivity index (χ1n) is 6.24. The lowest BCUT2D eigenvalue weighted by Crippen LogP contribution is -2.25. The fourth-order valence-corrected chi connectivity index (χ4v) is 2.40. The van der Waals surface area contributed by atoms with Crippen molar-refractivity contribution in [3.8, 4) is 0 Å². The second-order valence-electron chi connectivity index (χ2n) is 4.22. The van der Waals surface area contributed by atoms with Gasteiger partial charge in [0.2, 0.25) is 5.91 Å². The van der Waals surface area contributed by atoms with Gasteiger partial charge in [0.1, 0.15) is 0 Å². The van der Waals surface area contributed by atoms with Crippen molar-refractivity contribution in [3.63, 3.8) is 0 Å². The largest absolute Gasteiger partial charge is 0.399 e. The van der Waals surface area contributed by atoms with Crippen LogP contribution in [0.25, 0.3) is 0 Å². The van der Waals surface area contributed by atoms with Crippen molar-refractivity contribution in [2.75, 3.05) is 12.3 Å². The molecule has 0 unspecified atom stereocenters. The van der Waals surface area contributed by atoms with Crippen LogP contribution in [0, 0.1) is 0 Å². The van der Waals surface area contributed by atoms with Gasteiger partial charge in [0.05, 0.1) is 5.01 Å². The number of para-hydroxylation sites is 1. The molecule has 4 nitrogen and oxygen atoms in total. The molecule has 0 aliphatic rings.